The molecule has 3 nitrogen and oxygen atoms in total. The van der Waals surface area contributed by atoms with E-state index >= 15 is 0 Å². The molecule has 63 heavy (non-hydrogen) atoms. The predicted molar refractivity (Wildman–Crippen MR) is 267 cm³/mol. The van der Waals surface area contributed by atoms with E-state index in [9.17, 15) is 0 Å². The van der Waals surface area contributed by atoms with Gasteiger partial charge in [-0.25, -0.2) is 0 Å². The SMILES string of the molecule is c1ccc(-c2ccc(N(c3ccc(-c4ccccc4)cc3)c3ccc4[nH]c5ccc(N(c6ccc(-c7ccccc7)cc6)c6ccc(-c7ccccc7)cc6)cc5c4c3)cc2)cc1. The molecule has 1 heterocycles. The van der Waals surface area contributed by atoms with Crippen LogP contribution in [0.4, 0.5) is 34.1 Å². The van der Waals surface area contributed by atoms with Gasteiger partial charge in [0.05, 0.1) is 0 Å². The van der Waals surface area contributed by atoms with E-state index < -0.39 is 0 Å². The minimum absolute atomic E-state index is 1.08. The smallest absolute Gasteiger partial charge is 0.0469 e. The fourth-order valence-corrected chi connectivity index (χ4v) is 8.78. The number of hydrogen-bond acceptors (Lipinski definition) is 2. The topological polar surface area (TPSA) is 22.3 Å². The first-order valence-corrected chi connectivity index (χ1v) is 21.5. The second-order valence-corrected chi connectivity index (χ2v) is 15.9. The summed E-state index contributed by atoms with van der Waals surface area (Å²) in [5, 5.41) is 2.32. The van der Waals surface area contributed by atoms with Crippen LogP contribution in [0.25, 0.3) is 66.3 Å². The Kier molecular flexibility index (Phi) is 9.89. The molecule has 1 aromatic heterocycles. The molecule has 0 aliphatic heterocycles. The summed E-state index contributed by atoms with van der Waals surface area (Å²) < 4.78 is 0. The van der Waals surface area contributed by atoms with Crippen molar-refractivity contribution in [3.8, 4) is 44.5 Å². The number of hydrogen-bond donors (Lipinski definition) is 1. The first kappa shape index (κ1) is 37.6. The summed E-state index contributed by atoms with van der Waals surface area (Å²) in [6.07, 6.45) is 0. The van der Waals surface area contributed by atoms with E-state index in [4.69, 9.17) is 0 Å². The monoisotopic (exact) mass is 805 g/mol. The zero-order valence-corrected chi connectivity index (χ0v) is 34.6. The van der Waals surface area contributed by atoms with Crippen molar-refractivity contribution in [3.63, 3.8) is 0 Å². The molecule has 298 valence electrons. The van der Waals surface area contributed by atoms with Crippen LogP contribution in [0.1, 0.15) is 0 Å². The average Bonchev–Trinajstić information content (AvgIpc) is 3.73. The quantitative estimate of drug-likeness (QED) is 0.149. The zero-order valence-electron chi connectivity index (χ0n) is 34.6. The van der Waals surface area contributed by atoms with Gasteiger partial charge in [0, 0.05) is 55.9 Å². The largest absolute Gasteiger partial charge is 0.355 e. The Labute approximate surface area is 368 Å². The van der Waals surface area contributed by atoms with Gasteiger partial charge in [0.2, 0.25) is 0 Å². The summed E-state index contributed by atoms with van der Waals surface area (Å²) in [5.74, 6) is 0. The van der Waals surface area contributed by atoms with Crippen molar-refractivity contribution in [2.45, 2.75) is 0 Å². The van der Waals surface area contributed by atoms with Gasteiger partial charge in [-0.3, -0.25) is 0 Å². The second kappa shape index (κ2) is 16.6. The van der Waals surface area contributed by atoms with Gasteiger partial charge < -0.3 is 14.8 Å². The van der Waals surface area contributed by atoms with Crippen LogP contribution in [0, 0.1) is 0 Å². The summed E-state index contributed by atoms with van der Waals surface area (Å²) in [6.45, 7) is 0. The molecule has 11 aromatic rings. The molecule has 0 radical (unpaired) electrons. The predicted octanol–water partition coefficient (Wildman–Crippen LogP) is 16.9. The van der Waals surface area contributed by atoms with Gasteiger partial charge in [0.25, 0.3) is 0 Å². The first-order chi connectivity index (χ1) is 31.2. The lowest BCUT2D eigenvalue weighted by molar-refractivity contribution is 1.29. The van der Waals surface area contributed by atoms with Crippen LogP contribution < -0.4 is 9.80 Å². The molecule has 0 amide bonds. The number of fused-ring (bicyclic) bond motifs is 3. The Morgan fingerprint density at radius 3 is 0.683 bits per heavy atom. The highest BCUT2D eigenvalue weighted by atomic mass is 15.1. The van der Waals surface area contributed by atoms with Crippen molar-refractivity contribution < 1.29 is 0 Å². The minimum atomic E-state index is 1.08. The molecule has 3 heteroatoms. The summed E-state index contributed by atoms with van der Waals surface area (Å²) in [5.41, 5.74) is 18.3. The number of rotatable bonds is 10. The molecule has 0 bridgehead atoms. The molecule has 0 aliphatic rings. The maximum atomic E-state index is 3.73. The van der Waals surface area contributed by atoms with Gasteiger partial charge in [-0.15, -0.1) is 0 Å². The molecule has 0 unspecified atom stereocenters. The second-order valence-electron chi connectivity index (χ2n) is 15.9. The number of H-pyrrole nitrogens is 1. The Hall–Kier alpha value is -8.40. The maximum absolute atomic E-state index is 3.73. The van der Waals surface area contributed by atoms with E-state index in [0.29, 0.717) is 0 Å². The molecule has 1 N–H and O–H groups in total. The van der Waals surface area contributed by atoms with Crippen LogP contribution >= 0.6 is 0 Å². The van der Waals surface area contributed by atoms with Crippen molar-refractivity contribution in [1.82, 2.24) is 4.98 Å². The molecule has 0 saturated carbocycles. The molecular formula is C60H43N3. The van der Waals surface area contributed by atoms with Crippen LogP contribution in [0.15, 0.2) is 255 Å². The van der Waals surface area contributed by atoms with E-state index in [-0.39, 0.29) is 0 Å². The highest BCUT2D eigenvalue weighted by molar-refractivity contribution is 6.10. The van der Waals surface area contributed by atoms with Gasteiger partial charge in [0.15, 0.2) is 0 Å². The number of aromatic nitrogens is 1. The van der Waals surface area contributed by atoms with E-state index in [1.54, 1.807) is 0 Å². The molecule has 11 rings (SSSR count). The fraction of sp³-hybridized carbons (Fsp3) is 0. The van der Waals surface area contributed by atoms with Crippen LogP contribution in [-0.2, 0) is 0 Å². The van der Waals surface area contributed by atoms with Crippen molar-refractivity contribution >= 4 is 55.9 Å². The van der Waals surface area contributed by atoms with Gasteiger partial charge in [-0.05, 0) is 129 Å². The maximum Gasteiger partial charge on any atom is 0.0469 e. The number of anilines is 6. The van der Waals surface area contributed by atoms with Gasteiger partial charge >= 0.3 is 0 Å². The lowest BCUT2D eigenvalue weighted by Crippen LogP contribution is -2.10. The fourth-order valence-electron chi connectivity index (χ4n) is 8.78. The van der Waals surface area contributed by atoms with Crippen LogP contribution in [0.2, 0.25) is 0 Å². The highest BCUT2D eigenvalue weighted by Gasteiger charge is 2.18. The normalized spacial score (nSPS) is 11.2. The molecule has 0 atom stereocenters. The summed E-state index contributed by atoms with van der Waals surface area (Å²) >= 11 is 0. The van der Waals surface area contributed by atoms with E-state index in [0.717, 1.165) is 55.9 Å². The zero-order chi connectivity index (χ0) is 42.0. The molecule has 0 spiro atoms. The van der Waals surface area contributed by atoms with Crippen molar-refractivity contribution in [2.24, 2.45) is 0 Å². The number of nitrogens with one attached hydrogen (secondary N) is 1. The van der Waals surface area contributed by atoms with Gasteiger partial charge in [-0.2, -0.15) is 0 Å². The highest BCUT2D eigenvalue weighted by Crippen LogP contribution is 2.42. The Morgan fingerprint density at radius 1 is 0.206 bits per heavy atom. The van der Waals surface area contributed by atoms with Crippen molar-refractivity contribution in [3.05, 3.63) is 255 Å². The van der Waals surface area contributed by atoms with Gasteiger partial charge in [-0.1, -0.05) is 170 Å². The summed E-state index contributed by atoms with van der Waals surface area (Å²) in [7, 11) is 0. The number of benzene rings is 10. The van der Waals surface area contributed by atoms with Crippen molar-refractivity contribution in [1.29, 1.82) is 0 Å². The lowest BCUT2D eigenvalue weighted by atomic mass is 10.0. The standard InChI is InChI=1S/C60H43N3/c1-5-13-43(14-6-1)47-21-29-51(30-22-47)62(52-31-23-48(24-32-52)44-15-7-2-8-16-44)55-37-39-59-57(41-55)58-42-56(38-40-60(58)61-59)63(53-33-25-49(26-34-53)45-17-9-3-10-18-45)54-35-27-50(28-36-54)46-19-11-4-12-20-46/h1-42,61H. The molecular weight excluding hydrogens is 763 g/mol. The molecule has 0 saturated heterocycles. The van der Waals surface area contributed by atoms with E-state index in [1.807, 2.05) is 0 Å². The Balaban J connectivity index is 1.02. The summed E-state index contributed by atoms with van der Waals surface area (Å²) in [4.78, 5) is 8.46. The first-order valence-electron chi connectivity index (χ1n) is 21.5. The van der Waals surface area contributed by atoms with E-state index in [1.165, 1.54) is 44.5 Å². The van der Waals surface area contributed by atoms with Crippen LogP contribution in [0.5, 0.6) is 0 Å². The van der Waals surface area contributed by atoms with Crippen LogP contribution in [-0.4, -0.2) is 4.98 Å². The molecule has 0 aliphatic carbocycles. The van der Waals surface area contributed by atoms with E-state index in [2.05, 4.69) is 270 Å². The van der Waals surface area contributed by atoms with Crippen molar-refractivity contribution in [2.75, 3.05) is 9.80 Å². The molecule has 0 fully saturated rings. The minimum Gasteiger partial charge on any atom is -0.355 e. The third-order valence-electron chi connectivity index (χ3n) is 12.0. The Morgan fingerprint density at radius 2 is 0.429 bits per heavy atom. The third kappa shape index (κ3) is 7.54. The number of aromatic amines is 1. The number of nitrogens with zero attached hydrogens (tertiary/aromatic N) is 2. The van der Waals surface area contributed by atoms with Gasteiger partial charge in [0.1, 0.15) is 0 Å². The third-order valence-corrected chi connectivity index (χ3v) is 12.0. The Bertz CT molecular complexity index is 2880. The lowest BCUT2D eigenvalue weighted by Gasteiger charge is -2.26. The summed E-state index contributed by atoms with van der Waals surface area (Å²) in [6, 6.07) is 91.5. The van der Waals surface area contributed by atoms with Crippen LogP contribution in [0.3, 0.4) is 0 Å². The average molecular weight is 806 g/mol. The molecule has 10 aromatic carbocycles.